The second kappa shape index (κ2) is 8.85. The van der Waals surface area contributed by atoms with Crippen LogP contribution in [-0.2, 0) is 16.1 Å². The third kappa shape index (κ3) is 4.04. The number of hydrogen-bond acceptors (Lipinski definition) is 6. The van der Waals surface area contributed by atoms with Crippen molar-refractivity contribution in [2.45, 2.75) is 19.0 Å². The van der Waals surface area contributed by atoms with Gasteiger partial charge < -0.3 is 9.47 Å². The van der Waals surface area contributed by atoms with Crippen LogP contribution in [0, 0.1) is 0 Å². The highest BCUT2D eigenvalue weighted by Crippen LogP contribution is 2.36. The van der Waals surface area contributed by atoms with Gasteiger partial charge >= 0.3 is 0 Å². The number of methoxy groups -OCH3 is 2. The Labute approximate surface area is 176 Å². The van der Waals surface area contributed by atoms with E-state index in [9.17, 15) is 9.59 Å². The Morgan fingerprint density at radius 1 is 0.933 bits per heavy atom. The van der Waals surface area contributed by atoms with Gasteiger partial charge in [0, 0.05) is 38.8 Å². The normalized spacial score (nSPS) is 20.6. The fourth-order valence-electron chi connectivity index (χ4n) is 4.20. The summed E-state index contributed by atoms with van der Waals surface area (Å²) in [6, 6.07) is 15.1. The number of piperazine rings is 1. The molecule has 4 rings (SSSR count). The first-order valence-electron chi connectivity index (χ1n) is 10.2. The molecule has 2 aromatic rings. The quantitative estimate of drug-likeness (QED) is 0.682. The largest absolute Gasteiger partial charge is 0.497 e. The summed E-state index contributed by atoms with van der Waals surface area (Å²) in [4.78, 5) is 31.8. The van der Waals surface area contributed by atoms with Crippen molar-refractivity contribution < 1.29 is 19.1 Å². The Morgan fingerprint density at radius 3 is 2.33 bits per heavy atom. The van der Waals surface area contributed by atoms with Gasteiger partial charge in [0.25, 0.3) is 5.91 Å². The number of benzene rings is 2. The Bertz CT molecular complexity index is 910. The molecular formula is C23H27N3O4. The van der Waals surface area contributed by atoms with Crippen molar-refractivity contribution in [2.24, 2.45) is 0 Å². The molecule has 0 aromatic heterocycles. The fourth-order valence-corrected chi connectivity index (χ4v) is 4.20. The molecule has 7 heteroatoms. The van der Waals surface area contributed by atoms with Crippen molar-refractivity contribution in [1.29, 1.82) is 0 Å². The van der Waals surface area contributed by atoms with Crippen molar-refractivity contribution in [3.63, 3.8) is 0 Å². The summed E-state index contributed by atoms with van der Waals surface area (Å²) in [7, 11) is 3.08. The van der Waals surface area contributed by atoms with Crippen molar-refractivity contribution >= 4 is 17.5 Å². The molecule has 2 aromatic carbocycles. The highest BCUT2D eigenvalue weighted by molar-refractivity contribution is 6.23. The summed E-state index contributed by atoms with van der Waals surface area (Å²) >= 11 is 0. The van der Waals surface area contributed by atoms with Crippen molar-refractivity contribution in [3.05, 3.63) is 54.1 Å². The van der Waals surface area contributed by atoms with E-state index in [1.807, 2.05) is 6.07 Å². The molecule has 2 fully saturated rings. The molecule has 2 aliphatic heterocycles. The first-order valence-corrected chi connectivity index (χ1v) is 10.2. The Balaban J connectivity index is 1.44. The van der Waals surface area contributed by atoms with Gasteiger partial charge in [0.05, 0.1) is 32.4 Å². The van der Waals surface area contributed by atoms with Gasteiger partial charge in [-0.15, -0.1) is 0 Å². The molecule has 0 aliphatic carbocycles. The number of rotatable bonds is 6. The van der Waals surface area contributed by atoms with Crippen molar-refractivity contribution in [2.75, 3.05) is 45.3 Å². The SMILES string of the molecule is COc1ccc(OC)c(N2C(=O)C[C@H](N3CCN(Cc4ccccc4)CC3)C2=O)c1. The molecule has 158 valence electrons. The van der Waals surface area contributed by atoms with E-state index in [1.54, 1.807) is 25.3 Å². The number of ether oxygens (including phenoxy) is 2. The average molecular weight is 409 g/mol. The molecule has 0 radical (unpaired) electrons. The maximum atomic E-state index is 13.2. The molecule has 2 saturated heterocycles. The predicted octanol–water partition coefficient (Wildman–Crippen LogP) is 2.15. The van der Waals surface area contributed by atoms with Gasteiger partial charge in [-0.05, 0) is 17.7 Å². The minimum absolute atomic E-state index is 0.192. The molecule has 0 bridgehead atoms. The first-order chi connectivity index (χ1) is 14.6. The minimum atomic E-state index is -0.424. The fraction of sp³-hybridized carbons (Fsp3) is 0.391. The molecular weight excluding hydrogens is 382 g/mol. The van der Waals surface area contributed by atoms with E-state index in [0.717, 1.165) is 32.7 Å². The summed E-state index contributed by atoms with van der Waals surface area (Å²) in [5, 5.41) is 0. The van der Waals surface area contributed by atoms with E-state index in [0.29, 0.717) is 17.2 Å². The van der Waals surface area contributed by atoms with E-state index < -0.39 is 6.04 Å². The minimum Gasteiger partial charge on any atom is -0.497 e. The lowest BCUT2D eigenvalue weighted by atomic mass is 10.1. The highest BCUT2D eigenvalue weighted by Gasteiger charge is 2.44. The second-order valence-corrected chi connectivity index (χ2v) is 7.62. The van der Waals surface area contributed by atoms with Crippen LogP contribution in [-0.4, -0.2) is 68.1 Å². The Hall–Kier alpha value is -2.90. The van der Waals surface area contributed by atoms with Crippen molar-refractivity contribution in [1.82, 2.24) is 9.80 Å². The van der Waals surface area contributed by atoms with Crippen LogP contribution in [0.4, 0.5) is 5.69 Å². The molecule has 0 unspecified atom stereocenters. The molecule has 0 saturated carbocycles. The molecule has 0 spiro atoms. The summed E-state index contributed by atoms with van der Waals surface area (Å²) in [6.45, 7) is 4.17. The smallest absolute Gasteiger partial charge is 0.251 e. The molecule has 0 N–H and O–H groups in total. The van der Waals surface area contributed by atoms with Crippen LogP contribution in [0.3, 0.4) is 0 Å². The van der Waals surface area contributed by atoms with Gasteiger partial charge in [-0.25, -0.2) is 4.90 Å². The van der Waals surface area contributed by atoms with E-state index >= 15 is 0 Å². The van der Waals surface area contributed by atoms with Gasteiger partial charge in [-0.3, -0.25) is 19.4 Å². The van der Waals surface area contributed by atoms with Crippen LogP contribution in [0.1, 0.15) is 12.0 Å². The number of anilines is 1. The molecule has 2 amide bonds. The summed E-state index contributed by atoms with van der Waals surface area (Å²) in [5.41, 5.74) is 1.73. The number of carbonyl (C=O) groups is 2. The molecule has 2 heterocycles. The lowest BCUT2D eigenvalue weighted by molar-refractivity contribution is -0.123. The van der Waals surface area contributed by atoms with E-state index in [2.05, 4.69) is 34.1 Å². The lowest BCUT2D eigenvalue weighted by Crippen LogP contribution is -2.52. The number of carbonyl (C=O) groups excluding carboxylic acids is 2. The van der Waals surface area contributed by atoms with Gasteiger partial charge in [0.15, 0.2) is 0 Å². The molecule has 7 nitrogen and oxygen atoms in total. The molecule has 1 atom stereocenters. The predicted molar refractivity (Wildman–Crippen MR) is 114 cm³/mol. The zero-order chi connectivity index (χ0) is 21.1. The Morgan fingerprint density at radius 2 is 1.67 bits per heavy atom. The number of amides is 2. The van der Waals surface area contributed by atoms with E-state index in [4.69, 9.17) is 9.47 Å². The van der Waals surface area contributed by atoms with Crippen LogP contribution in [0.2, 0.25) is 0 Å². The van der Waals surface area contributed by atoms with Crippen LogP contribution < -0.4 is 14.4 Å². The highest BCUT2D eigenvalue weighted by atomic mass is 16.5. The van der Waals surface area contributed by atoms with Crippen LogP contribution in [0.15, 0.2) is 48.5 Å². The monoisotopic (exact) mass is 409 g/mol. The summed E-state index contributed by atoms with van der Waals surface area (Å²) in [6.07, 6.45) is 0.192. The number of hydrogen-bond donors (Lipinski definition) is 0. The molecule has 2 aliphatic rings. The topological polar surface area (TPSA) is 62.3 Å². The van der Waals surface area contributed by atoms with Crippen LogP contribution in [0.5, 0.6) is 11.5 Å². The van der Waals surface area contributed by atoms with E-state index in [-0.39, 0.29) is 18.2 Å². The second-order valence-electron chi connectivity index (χ2n) is 7.62. The number of imide groups is 1. The molecule has 30 heavy (non-hydrogen) atoms. The average Bonchev–Trinajstić information content (AvgIpc) is 3.08. The summed E-state index contributed by atoms with van der Waals surface area (Å²) in [5.74, 6) is 0.654. The maximum Gasteiger partial charge on any atom is 0.251 e. The zero-order valence-corrected chi connectivity index (χ0v) is 17.4. The summed E-state index contributed by atoms with van der Waals surface area (Å²) < 4.78 is 10.7. The van der Waals surface area contributed by atoms with E-state index in [1.165, 1.54) is 17.6 Å². The maximum absolute atomic E-state index is 13.2. The van der Waals surface area contributed by atoms with Gasteiger partial charge in [0.1, 0.15) is 11.5 Å². The van der Waals surface area contributed by atoms with Gasteiger partial charge in [-0.1, -0.05) is 30.3 Å². The third-order valence-electron chi connectivity index (χ3n) is 5.85. The van der Waals surface area contributed by atoms with Crippen LogP contribution in [0.25, 0.3) is 0 Å². The lowest BCUT2D eigenvalue weighted by Gasteiger charge is -2.37. The van der Waals surface area contributed by atoms with Crippen LogP contribution >= 0.6 is 0 Å². The van der Waals surface area contributed by atoms with Crippen molar-refractivity contribution in [3.8, 4) is 11.5 Å². The van der Waals surface area contributed by atoms with Gasteiger partial charge in [-0.2, -0.15) is 0 Å². The Kier molecular flexibility index (Phi) is 6.01. The standard InChI is InChI=1S/C23H27N3O4/c1-29-18-8-9-21(30-2)19(14-18)26-22(27)15-20(23(26)28)25-12-10-24(11-13-25)16-17-6-4-3-5-7-17/h3-9,14,20H,10-13,15-16H2,1-2H3/t20-/m0/s1. The van der Waals surface area contributed by atoms with Gasteiger partial charge in [0.2, 0.25) is 5.91 Å². The first kappa shape index (κ1) is 20.4. The third-order valence-corrected chi connectivity index (χ3v) is 5.85. The number of nitrogens with zero attached hydrogens (tertiary/aromatic N) is 3. The zero-order valence-electron chi connectivity index (χ0n) is 17.4.